The van der Waals surface area contributed by atoms with E-state index in [2.05, 4.69) is 4.98 Å². The van der Waals surface area contributed by atoms with Crippen molar-refractivity contribution in [3.63, 3.8) is 0 Å². The molecule has 2 rings (SSSR count). The zero-order chi connectivity index (χ0) is 14.2. The van der Waals surface area contributed by atoms with E-state index in [1.807, 2.05) is 39.8 Å². The molecule has 2 nitrogen and oxygen atoms in total. The van der Waals surface area contributed by atoms with Crippen LogP contribution in [0.3, 0.4) is 0 Å². The van der Waals surface area contributed by atoms with E-state index >= 15 is 0 Å². The van der Waals surface area contributed by atoms with Crippen molar-refractivity contribution in [2.45, 2.75) is 33.8 Å². The molecule has 0 aliphatic heterocycles. The van der Waals surface area contributed by atoms with Gasteiger partial charge < -0.3 is 5.11 Å². The van der Waals surface area contributed by atoms with E-state index in [0.717, 1.165) is 22.5 Å². The highest BCUT2D eigenvalue weighted by molar-refractivity contribution is 5.40. The molecule has 100 valence electrons. The van der Waals surface area contributed by atoms with Crippen molar-refractivity contribution in [1.29, 1.82) is 0 Å². The van der Waals surface area contributed by atoms with Crippen LogP contribution in [0.4, 0.5) is 4.39 Å². The Hall–Kier alpha value is -1.74. The monoisotopic (exact) mass is 259 g/mol. The number of benzene rings is 1. The van der Waals surface area contributed by atoms with Gasteiger partial charge in [-0.3, -0.25) is 4.98 Å². The Morgan fingerprint density at radius 1 is 1.11 bits per heavy atom. The van der Waals surface area contributed by atoms with Crippen molar-refractivity contribution in [2.75, 3.05) is 0 Å². The average molecular weight is 259 g/mol. The van der Waals surface area contributed by atoms with Crippen molar-refractivity contribution < 1.29 is 9.50 Å². The standard InChI is InChI=1S/C16H18FNO/c1-9-7-10(2)15(14(17)8-9)16(19)13-6-5-11(3)18-12(13)4/h5-8,16,19H,1-4H3. The Labute approximate surface area is 112 Å². The Kier molecular flexibility index (Phi) is 3.67. The highest BCUT2D eigenvalue weighted by atomic mass is 19.1. The van der Waals surface area contributed by atoms with Gasteiger partial charge in [0.25, 0.3) is 0 Å². The molecule has 19 heavy (non-hydrogen) atoms. The number of aryl methyl sites for hydroxylation is 4. The van der Waals surface area contributed by atoms with Gasteiger partial charge >= 0.3 is 0 Å². The molecule has 1 atom stereocenters. The predicted octanol–water partition coefficient (Wildman–Crippen LogP) is 3.54. The molecule has 0 aliphatic rings. The molecule has 1 aromatic carbocycles. The van der Waals surface area contributed by atoms with E-state index in [1.165, 1.54) is 6.07 Å². The van der Waals surface area contributed by atoms with Crippen LogP contribution in [0.15, 0.2) is 24.3 Å². The first-order valence-corrected chi connectivity index (χ1v) is 6.29. The summed E-state index contributed by atoms with van der Waals surface area (Å²) in [6.45, 7) is 7.37. The lowest BCUT2D eigenvalue weighted by molar-refractivity contribution is 0.213. The topological polar surface area (TPSA) is 33.1 Å². The number of hydrogen-bond acceptors (Lipinski definition) is 2. The minimum absolute atomic E-state index is 0.333. The van der Waals surface area contributed by atoms with E-state index in [1.54, 1.807) is 6.07 Å². The highest BCUT2D eigenvalue weighted by Gasteiger charge is 2.20. The number of rotatable bonds is 2. The molecule has 1 unspecified atom stereocenters. The summed E-state index contributed by atoms with van der Waals surface area (Å²) in [5, 5.41) is 10.4. The maximum absolute atomic E-state index is 14.1. The SMILES string of the molecule is Cc1cc(C)c(C(O)c2ccc(C)nc2C)c(F)c1. The normalized spacial score (nSPS) is 12.5. The number of pyridine rings is 1. The minimum atomic E-state index is -0.978. The first-order chi connectivity index (χ1) is 8.90. The van der Waals surface area contributed by atoms with E-state index in [0.29, 0.717) is 11.1 Å². The van der Waals surface area contributed by atoms with Crippen molar-refractivity contribution in [2.24, 2.45) is 0 Å². The molecule has 0 spiro atoms. The van der Waals surface area contributed by atoms with Gasteiger partial charge in [-0.1, -0.05) is 12.1 Å². The minimum Gasteiger partial charge on any atom is -0.383 e. The Morgan fingerprint density at radius 3 is 2.37 bits per heavy atom. The fraction of sp³-hybridized carbons (Fsp3) is 0.312. The second kappa shape index (κ2) is 5.10. The molecule has 0 saturated heterocycles. The van der Waals surface area contributed by atoms with Gasteiger partial charge in [0.1, 0.15) is 11.9 Å². The first-order valence-electron chi connectivity index (χ1n) is 6.29. The van der Waals surface area contributed by atoms with Crippen LogP contribution in [0.2, 0.25) is 0 Å². The van der Waals surface area contributed by atoms with Gasteiger partial charge in [0.2, 0.25) is 0 Å². The molecule has 0 amide bonds. The zero-order valence-corrected chi connectivity index (χ0v) is 11.7. The number of aliphatic hydroxyl groups is 1. The van der Waals surface area contributed by atoms with Crippen LogP contribution < -0.4 is 0 Å². The highest BCUT2D eigenvalue weighted by Crippen LogP contribution is 2.29. The van der Waals surface area contributed by atoms with Crippen LogP contribution in [0, 0.1) is 33.5 Å². The summed E-state index contributed by atoms with van der Waals surface area (Å²) in [5.74, 6) is -0.370. The van der Waals surface area contributed by atoms with Crippen LogP contribution in [0.1, 0.15) is 39.7 Å². The fourth-order valence-electron chi connectivity index (χ4n) is 2.42. The molecule has 0 fully saturated rings. The lowest BCUT2D eigenvalue weighted by Gasteiger charge is -2.17. The number of halogens is 1. The van der Waals surface area contributed by atoms with Crippen molar-refractivity contribution >= 4 is 0 Å². The van der Waals surface area contributed by atoms with E-state index in [9.17, 15) is 9.50 Å². The van der Waals surface area contributed by atoms with Crippen molar-refractivity contribution in [3.05, 3.63) is 63.7 Å². The maximum atomic E-state index is 14.1. The van der Waals surface area contributed by atoms with Gasteiger partial charge in [-0.15, -0.1) is 0 Å². The van der Waals surface area contributed by atoms with Crippen LogP contribution in [-0.4, -0.2) is 10.1 Å². The first kappa shape index (κ1) is 13.7. The molecule has 0 radical (unpaired) electrons. The smallest absolute Gasteiger partial charge is 0.129 e. The Bertz CT molecular complexity index is 599. The average Bonchev–Trinajstić information content (AvgIpc) is 2.26. The molecule has 1 aromatic heterocycles. The molecule has 1 heterocycles. The second-order valence-corrected chi connectivity index (χ2v) is 5.01. The van der Waals surface area contributed by atoms with Gasteiger partial charge in [0.05, 0.1) is 0 Å². The van der Waals surface area contributed by atoms with Crippen LogP contribution >= 0.6 is 0 Å². The molecular weight excluding hydrogens is 241 g/mol. The number of aliphatic hydroxyl groups excluding tert-OH is 1. The summed E-state index contributed by atoms with van der Waals surface area (Å²) in [5.41, 5.74) is 4.20. The van der Waals surface area contributed by atoms with Gasteiger partial charge in [-0.05, 0) is 51.0 Å². The quantitative estimate of drug-likeness (QED) is 0.895. The maximum Gasteiger partial charge on any atom is 0.129 e. The largest absolute Gasteiger partial charge is 0.383 e. The lowest BCUT2D eigenvalue weighted by Crippen LogP contribution is -2.08. The van der Waals surface area contributed by atoms with Crippen LogP contribution in [0.5, 0.6) is 0 Å². The molecule has 0 bridgehead atoms. The number of nitrogens with zero attached hydrogens (tertiary/aromatic N) is 1. The zero-order valence-electron chi connectivity index (χ0n) is 11.7. The molecule has 1 N–H and O–H groups in total. The summed E-state index contributed by atoms with van der Waals surface area (Å²) in [4.78, 5) is 4.31. The lowest BCUT2D eigenvalue weighted by atomic mass is 9.94. The summed E-state index contributed by atoms with van der Waals surface area (Å²) in [7, 11) is 0. The van der Waals surface area contributed by atoms with E-state index in [-0.39, 0.29) is 5.82 Å². The second-order valence-electron chi connectivity index (χ2n) is 5.01. The third kappa shape index (κ3) is 2.66. The van der Waals surface area contributed by atoms with Crippen LogP contribution in [-0.2, 0) is 0 Å². The fourth-order valence-corrected chi connectivity index (χ4v) is 2.42. The molecule has 2 aromatic rings. The summed E-state index contributed by atoms with van der Waals surface area (Å²) in [6.07, 6.45) is -0.978. The van der Waals surface area contributed by atoms with Gasteiger partial charge in [0.15, 0.2) is 0 Å². The summed E-state index contributed by atoms with van der Waals surface area (Å²) in [6, 6.07) is 6.95. The van der Waals surface area contributed by atoms with E-state index in [4.69, 9.17) is 0 Å². The Morgan fingerprint density at radius 2 is 1.79 bits per heavy atom. The van der Waals surface area contributed by atoms with Crippen molar-refractivity contribution in [3.8, 4) is 0 Å². The molecular formula is C16H18FNO. The van der Waals surface area contributed by atoms with E-state index < -0.39 is 6.10 Å². The third-order valence-electron chi connectivity index (χ3n) is 3.31. The molecule has 3 heteroatoms. The van der Waals surface area contributed by atoms with Gasteiger partial charge in [-0.25, -0.2) is 4.39 Å². The molecule has 0 aliphatic carbocycles. The Balaban J connectivity index is 2.53. The summed E-state index contributed by atoms with van der Waals surface area (Å²) < 4.78 is 14.1. The van der Waals surface area contributed by atoms with Crippen LogP contribution in [0.25, 0.3) is 0 Å². The number of aromatic nitrogens is 1. The third-order valence-corrected chi connectivity index (χ3v) is 3.31. The summed E-state index contributed by atoms with van der Waals surface area (Å²) >= 11 is 0. The van der Waals surface area contributed by atoms with Crippen molar-refractivity contribution in [1.82, 2.24) is 4.98 Å². The number of hydrogen-bond donors (Lipinski definition) is 1. The van der Waals surface area contributed by atoms with Gasteiger partial charge in [-0.2, -0.15) is 0 Å². The van der Waals surface area contributed by atoms with Gasteiger partial charge in [0, 0.05) is 22.5 Å². The molecule has 0 saturated carbocycles. The predicted molar refractivity (Wildman–Crippen MR) is 73.6 cm³/mol.